The molecule has 2 aromatic carbocycles. The fourth-order valence-corrected chi connectivity index (χ4v) is 3.16. The normalized spacial score (nSPS) is 18.7. The summed E-state index contributed by atoms with van der Waals surface area (Å²) in [7, 11) is 1.70. The smallest absolute Gasteiger partial charge is 0.339 e. The SMILES string of the molecule is Cc1cccc(OCCN(C)C(=O)C2(C)Cc3ccccc3C(=O)O2)c1. The van der Waals surface area contributed by atoms with Gasteiger partial charge in [-0.2, -0.15) is 0 Å². The van der Waals surface area contributed by atoms with Crippen molar-refractivity contribution in [1.29, 1.82) is 0 Å². The lowest BCUT2D eigenvalue weighted by atomic mass is 9.89. The fourth-order valence-electron chi connectivity index (χ4n) is 3.16. The van der Waals surface area contributed by atoms with E-state index >= 15 is 0 Å². The minimum absolute atomic E-state index is 0.229. The quantitative estimate of drug-likeness (QED) is 0.776. The molecule has 1 atom stereocenters. The van der Waals surface area contributed by atoms with Crippen molar-refractivity contribution in [2.75, 3.05) is 20.2 Å². The standard InChI is InChI=1S/C21H23NO4/c1-15-7-6-9-17(13-15)25-12-11-22(3)20(24)21(2)14-16-8-4-5-10-18(16)19(23)26-21/h4-10,13H,11-12,14H2,1-3H3. The third kappa shape index (κ3) is 3.72. The first-order valence-electron chi connectivity index (χ1n) is 8.65. The third-order valence-corrected chi connectivity index (χ3v) is 4.57. The van der Waals surface area contributed by atoms with Gasteiger partial charge in [0.2, 0.25) is 0 Å². The number of cyclic esters (lactones) is 1. The zero-order valence-corrected chi connectivity index (χ0v) is 15.3. The average molecular weight is 353 g/mol. The molecule has 5 heteroatoms. The maximum absolute atomic E-state index is 12.9. The first-order valence-corrected chi connectivity index (χ1v) is 8.65. The van der Waals surface area contributed by atoms with Gasteiger partial charge in [-0.3, -0.25) is 4.79 Å². The minimum atomic E-state index is -1.19. The van der Waals surface area contributed by atoms with Crippen LogP contribution in [0.15, 0.2) is 48.5 Å². The van der Waals surface area contributed by atoms with Crippen molar-refractivity contribution in [3.05, 3.63) is 65.2 Å². The van der Waals surface area contributed by atoms with Crippen molar-refractivity contribution in [1.82, 2.24) is 4.90 Å². The van der Waals surface area contributed by atoms with E-state index in [0.29, 0.717) is 25.1 Å². The predicted octanol–water partition coefficient (Wildman–Crippen LogP) is 3.00. The van der Waals surface area contributed by atoms with Gasteiger partial charge in [0.25, 0.3) is 5.91 Å². The summed E-state index contributed by atoms with van der Waals surface area (Å²) < 4.78 is 11.2. The van der Waals surface area contributed by atoms with Gasteiger partial charge >= 0.3 is 5.97 Å². The lowest BCUT2D eigenvalue weighted by Crippen LogP contribution is -2.52. The molecule has 1 aliphatic heterocycles. The van der Waals surface area contributed by atoms with Gasteiger partial charge in [0, 0.05) is 13.5 Å². The van der Waals surface area contributed by atoms with Gasteiger partial charge in [0.1, 0.15) is 12.4 Å². The number of hydrogen-bond acceptors (Lipinski definition) is 4. The summed E-state index contributed by atoms with van der Waals surface area (Å²) in [6, 6.07) is 15.0. The molecule has 26 heavy (non-hydrogen) atoms. The highest BCUT2D eigenvalue weighted by molar-refractivity contribution is 5.97. The van der Waals surface area contributed by atoms with Gasteiger partial charge < -0.3 is 14.4 Å². The van der Waals surface area contributed by atoms with Crippen LogP contribution in [0.3, 0.4) is 0 Å². The van der Waals surface area contributed by atoms with E-state index in [0.717, 1.165) is 16.9 Å². The van der Waals surface area contributed by atoms with E-state index in [9.17, 15) is 9.59 Å². The summed E-state index contributed by atoms with van der Waals surface area (Å²) in [5.41, 5.74) is 1.29. The molecule has 5 nitrogen and oxygen atoms in total. The third-order valence-electron chi connectivity index (χ3n) is 4.57. The number of fused-ring (bicyclic) bond motifs is 1. The van der Waals surface area contributed by atoms with Crippen LogP contribution in [-0.4, -0.2) is 42.6 Å². The Morgan fingerprint density at radius 3 is 2.77 bits per heavy atom. The number of hydrogen-bond donors (Lipinski definition) is 0. The summed E-state index contributed by atoms with van der Waals surface area (Å²) >= 11 is 0. The van der Waals surface area contributed by atoms with E-state index < -0.39 is 11.6 Å². The van der Waals surface area contributed by atoms with E-state index in [2.05, 4.69) is 0 Å². The highest BCUT2D eigenvalue weighted by atomic mass is 16.6. The summed E-state index contributed by atoms with van der Waals surface area (Å²) in [6.07, 6.45) is 0.372. The van der Waals surface area contributed by atoms with Crippen LogP contribution >= 0.6 is 0 Å². The molecule has 0 N–H and O–H groups in total. The number of amides is 1. The molecule has 3 rings (SSSR count). The van der Waals surface area contributed by atoms with Crippen LogP contribution in [0.1, 0.15) is 28.4 Å². The van der Waals surface area contributed by atoms with Gasteiger partial charge in [-0.15, -0.1) is 0 Å². The van der Waals surface area contributed by atoms with E-state index in [1.807, 2.05) is 43.3 Å². The minimum Gasteiger partial charge on any atom is -0.492 e. The van der Waals surface area contributed by atoms with Crippen LogP contribution in [0, 0.1) is 6.92 Å². The van der Waals surface area contributed by atoms with Crippen molar-refractivity contribution < 1.29 is 19.1 Å². The zero-order valence-electron chi connectivity index (χ0n) is 15.3. The predicted molar refractivity (Wildman–Crippen MR) is 98.3 cm³/mol. The van der Waals surface area contributed by atoms with Crippen LogP contribution in [-0.2, 0) is 16.0 Å². The molecule has 0 bridgehead atoms. The Labute approximate surface area is 153 Å². The first-order chi connectivity index (χ1) is 12.4. The van der Waals surface area contributed by atoms with Gasteiger partial charge in [-0.05, 0) is 43.2 Å². The van der Waals surface area contributed by atoms with E-state index in [4.69, 9.17) is 9.47 Å². The summed E-state index contributed by atoms with van der Waals surface area (Å²) in [5, 5.41) is 0. The second-order valence-electron chi connectivity index (χ2n) is 6.85. The van der Waals surface area contributed by atoms with Crippen LogP contribution in [0.5, 0.6) is 5.75 Å². The molecule has 1 aliphatic rings. The van der Waals surface area contributed by atoms with Crippen LogP contribution < -0.4 is 4.74 Å². The Kier molecular flexibility index (Phi) is 4.98. The van der Waals surface area contributed by atoms with Crippen molar-refractivity contribution in [2.45, 2.75) is 25.9 Å². The summed E-state index contributed by atoms with van der Waals surface area (Å²) in [6.45, 7) is 4.44. The number of benzene rings is 2. The Bertz CT molecular complexity index is 832. The molecule has 0 radical (unpaired) electrons. The summed E-state index contributed by atoms with van der Waals surface area (Å²) in [4.78, 5) is 26.7. The molecule has 0 saturated heterocycles. The van der Waals surface area contributed by atoms with Crippen LogP contribution in [0.25, 0.3) is 0 Å². The molecule has 2 aromatic rings. The molecule has 0 fully saturated rings. The highest BCUT2D eigenvalue weighted by Crippen LogP contribution is 2.29. The van der Waals surface area contributed by atoms with E-state index in [1.165, 1.54) is 0 Å². The molecule has 0 saturated carbocycles. The van der Waals surface area contributed by atoms with Gasteiger partial charge in [-0.1, -0.05) is 30.3 Å². The average Bonchev–Trinajstić information content (AvgIpc) is 2.61. The Morgan fingerprint density at radius 2 is 2.00 bits per heavy atom. The molecule has 1 unspecified atom stereocenters. The van der Waals surface area contributed by atoms with Crippen molar-refractivity contribution in [2.24, 2.45) is 0 Å². The fraction of sp³-hybridized carbons (Fsp3) is 0.333. The largest absolute Gasteiger partial charge is 0.492 e. The second-order valence-corrected chi connectivity index (χ2v) is 6.85. The number of carbonyl (C=O) groups is 2. The second kappa shape index (κ2) is 7.20. The Morgan fingerprint density at radius 1 is 1.23 bits per heavy atom. The molecule has 0 spiro atoms. The topological polar surface area (TPSA) is 55.8 Å². The number of ether oxygens (including phenoxy) is 2. The molecule has 136 valence electrons. The molecule has 0 aromatic heterocycles. The molecule has 1 amide bonds. The van der Waals surface area contributed by atoms with Gasteiger partial charge in [0.15, 0.2) is 5.60 Å². The number of rotatable bonds is 5. The number of nitrogens with zero attached hydrogens (tertiary/aromatic N) is 1. The maximum atomic E-state index is 12.9. The van der Waals surface area contributed by atoms with Crippen molar-refractivity contribution >= 4 is 11.9 Å². The highest BCUT2D eigenvalue weighted by Gasteiger charge is 2.43. The van der Waals surface area contributed by atoms with Crippen molar-refractivity contribution in [3.63, 3.8) is 0 Å². The molecular weight excluding hydrogens is 330 g/mol. The van der Waals surface area contributed by atoms with Crippen LogP contribution in [0.2, 0.25) is 0 Å². The first kappa shape index (κ1) is 18.0. The maximum Gasteiger partial charge on any atom is 0.339 e. The Hall–Kier alpha value is -2.82. The lowest BCUT2D eigenvalue weighted by Gasteiger charge is -2.35. The Balaban J connectivity index is 1.62. The summed E-state index contributed by atoms with van der Waals surface area (Å²) in [5.74, 6) is 0.0930. The number of likely N-dealkylation sites (N-methyl/N-ethyl adjacent to an activating group) is 1. The monoisotopic (exact) mass is 353 g/mol. The van der Waals surface area contributed by atoms with E-state index in [1.54, 1.807) is 31.0 Å². The molecule has 0 aliphatic carbocycles. The van der Waals surface area contributed by atoms with Gasteiger partial charge in [-0.25, -0.2) is 4.79 Å². The van der Waals surface area contributed by atoms with E-state index in [-0.39, 0.29) is 5.91 Å². The number of esters is 1. The molecular formula is C21H23NO4. The van der Waals surface area contributed by atoms with Gasteiger partial charge in [0.05, 0.1) is 12.1 Å². The van der Waals surface area contributed by atoms with Crippen LogP contribution in [0.4, 0.5) is 0 Å². The number of aryl methyl sites for hydroxylation is 1. The zero-order chi connectivity index (χ0) is 18.7. The lowest BCUT2D eigenvalue weighted by molar-refractivity contribution is -0.150. The molecule has 1 heterocycles. The van der Waals surface area contributed by atoms with Crippen molar-refractivity contribution in [3.8, 4) is 5.75 Å². The number of carbonyl (C=O) groups excluding carboxylic acids is 2.